The second kappa shape index (κ2) is 5.29. The van der Waals surface area contributed by atoms with Gasteiger partial charge in [0, 0.05) is 25.2 Å². The van der Waals surface area contributed by atoms with Crippen LogP contribution in [0.1, 0.15) is 25.0 Å². The van der Waals surface area contributed by atoms with Crippen molar-refractivity contribution in [3.63, 3.8) is 0 Å². The highest BCUT2D eigenvalue weighted by atomic mass is 16.5. The van der Waals surface area contributed by atoms with Crippen molar-refractivity contribution in [3.8, 4) is 5.75 Å². The summed E-state index contributed by atoms with van der Waals surface area (Å²) in [5, 5.41) is 3.50. The molecule has 1 aromatic carbocycles. The van der Waals surface area contributed by atoms with Crippen molar-refractivity contribution in [2.45, 2.75) is 25.8 Å². The van der Waals surface area contributed by atoms with Crippen molar-refractivity contribution in [2.75, 3.05) is 33.8 Å². The second-order valence-electron chi connectivity index (χ2n) is 5.26. The maximum absolute atomic E-state index is 5.56. The number of ether oxygens (including phenoxy) is 1. The molecule has 2 rings (SSSR count). The van der Waals surface area contributed by atoms with E-state index in [0.717, 1.165) is 31.8 Å². The van der Waals surface area contributed by atoms with Crippen LogP contribution in [0.15, 0.2) is 18.2 Å². The monoisotopic (exact) mass is 248 g/mol. The van der Waals surface area contributed by atoms with Gasteiger partial charge in [-0.25, -0.2) is 0 Å². The van der Waals surface area contributed by atoms with Gasteiger partial charge in [-0.1, -0.05) is 19.1 Å². The van der Waals surface area contributed by atoms with E-state index < -0.39 is 0 Å². The highest BCUT2D eigenvalue weighted by Crippen LogP contribution is 2.35. The molecule has 0 saturated carbocycles. The largest absolute Gasteiger partial charge is 0.496 e. The van der Waals surface area contributed by atoms with Crippen LogP contribution in [0.25, 0.3) is 0 Å². The summed E-state index contributed by atoms with van der Waals surface area (Å²) in [5.74, 6) is 0.991. The van der Waals surface area contributed by atoms with Crippen LogP contribution < -0.4 is 10.1 Å². The van der Waals surface area contributed by atoms with Crippen molar-refractivity contribution < 1.29 is 4.74 Å². The Morgan fingerprint density at radius 3 is 2.83 bits per heavy atom. The Balaban J connectivity index is 2.46. The first-order valence-electron chi connectivity index (χ1n) is 6.71. The number of hydrogen-bond acceptors (Lipinski definition) is 3. The minimum absolute atomic E-state index is 0.00870. The van der Waals surface area contributed by atoms with Crippen LogP contribution in [0.5, 0.6) is 5.75 Å². The fourth-order valence-electron chi connectivity index (χ4n) is 2.66. The Labute approximate surface area is 110 Å². The molecule has 1 aliphatic heterocycles. The van der Waals surface area contributed by atoms with Gasteiger partial charge in [0.15, 0.2) is 0 Å². The zero-order valence-corrected chi connectivity index (χ0v) is 11.9. The van der Waals surface area contributed by atoms with Crippen LogP contribution in [0.3, 0.4) is 0 Å². The quantitative estimate of drug-likeness (QED) is 0.885. The van der Waals surface area contributed by atoms with Crippen molar-refractivity contribution >= 4 is 0 Å². The second-order valence-corrected chi connectivity index (χ2v) is 5.26. The number of benzene rings is 1. The number of hydrogen-bond donors (Lipinski definition) is 1. The summed E-state index contributed by atoms with van der Waals surface area (Å²) in [6.45, 7) is 7.57. The van der Waals surface area contributed by atoms with Crippen molar-refractivity contribution in [3.05, 3.63) is 29.3 Å². The average molecular weight is 248 g/mol. The third kappa shape index (κ3) is 2.25. The lowest BCUT2D eigenvalue weighted by Gasteiger charge is -2.44. The molecule has 1 fully saturated rings. The van der Waals surface area contributed by atoms with E-state index in [9.17, 15) is 0 Å². The molecule has 1 aromatic rings. The number of likely N-dealkylation sites (N-methyl/N-ethyl adjacent to an activating group) is 1. The molecule has 1 heterocycles. The molecule has 0 bridgehead atoms. The molecular formula is C15H24N2O. The molecule has 1 unspecified atom stereocenters. The van der Waals surface area contributed by atoms with Gasteiger partial charge in [-0.2, -0.15) is 0 Å². The normalized spacial score (nSPS) is 25.1. The molecule has 0 spiro atoms. The molecule has 3 heteroatoms. The number of nitrogens with one attached hydrogen (secondary N) is 1. The molecular weight excluding hydrogens is 224 g/mol. The van der Waals surface area contributed by atoms with Crippen LogP contribution in [0, 0.1) is 0 Å². The Hall–Kier alpha value is -1.06. The predicted molar refractivity (Wildman–Crippen MR) is 75.2 cm³/mol. The smallest absolute Gasteiger partial charge is 0.123 e. The van der Waals surface area contributed by atoms with Crippen molar-refractivity contribution in [1.82, 2.24) is 10.2 Å². The first-order valence-corrected chi connectivity index (χ1v) is 6.71. The van der Waals surface area contributed by atoms with E-state index in [1.807, 2.05) is 0 Å². The molecule has 1 aliphatic rings. The highest BCUT2D eigenvalue weighted by Gasteiger charge is 2.35. The number of piperazine rings is 1. The standard InChI is InChI=1S/C15H24N2O/c1-5-12-6-7-14(18-4)13(10-12)15(2)11-16-8-9-17(15)3/h6-7,10,16H,5,8-9,11H2,1-4H3. The summed E-state index contributed by atoms with van der Waals surface area (Å²) in [6, 6.07) is 6.55. The summed E-state index contributed by atoms with van der Waals surface area (Å²) >= 11 is 0. The molecule has 1 atom stereocenters. The Morgan fingerprint density at radius 1 is 1.44 bits per heavy atom. The molecule has 1 saturated heterocycles. The van der Waals surface area contributed by atoms with Gasteiger partial charge in [0.25, 0.3) is 0 Å². The Morgan fingerprint density at radius 2 is 2.22 bits per heavy atom. The molecule has 0 amide bonds. The number of aryl methyl sites for hydroxylation is 1. The highest BCUT2D eigenvalue weighted by molar-refractivity contribution is 5.42. The SMILES string of the molecule is CCc1ccc(OC)c(C2(C)CNCCN2C)c1. The lowest BCUT2D eigenvalue weighted by molar-refractivity contribution is 0.101. The summed E-state index contributed by atoms with van der Waals surface area (Å²) in [4.78, 5) is 2.42. The number of nitrogens with zero attached hydrogens (tertiary/aromatic N) is 1. The van der Waals surface area contributed by atoms with Crippen LogP contribution in [0.2, 0.25) is 0 Å². The van der Waals surface area contributed by atoms with Gasteiger partial charge in [-0.15, -0.1) is 0 Å². The number of rotatable bonds is 3. The van der Waals surface area contributed by atoms with E-state index in [1.54, 1.807) is 7.11 Å². The molecule has 0 aliphatic carbocycles. The van der Waals surface area contributed by atoms with E-state index in [4.69, 9.17) is 4.74 Å². The van der Waals surface area contributed by atoms with Gasteiger partial charge in [0.2, 0.25) is 0 Å². The van der Waals surface area contributed by atoms with Gasteiger partial charge >= 0.3 is 0 Å². The fourth-order valence-corrected chi connectivity index (χ4v) is 2.66. The molecule has 0 radical (unpaired) electrons. The van der Waals surface area contributed by atoms with Gasteiger partial charge in [0.1, 0.15) is 5.75 Å². The molecule has 100 valence electrons. The lowest BCUT2D eigenvalue weighted by Crippen LogP contribution is -2.55. The summed E-state index contributed by atoms with van der Waals surface area (Å²) < 4.78 is 5.56. The van der Waals surface area contributed by atoms with Crippen LogP contribution in [-0.2, 0) is 12.0 Å². The van der Waals surface area contributed by atoms with Crippen LogP contribution >= 0.6 is 0 Å². The fraction of sp³-hybridized carbons (Fsp3) is 0.600. The molecule has 1 N–H and O–H groups in total. The van der Waals surface area contributed by atoms with Gasteiger partial charge in [-0.3, -0.25) is 4.90 Å². The molecule has 18 heavy (non-hydrogen) atoms. The third-order valence-corrected chi connectivity index (χ3v) is 4.19. The Bertz CT molecular complexity index is 419. The maximum atomic E-state index is 5.56. The van der Waals surface area contributed by atoms with E-state index >= 15 is 0 Å². The minimum Gasteiger partial charge on any atom is -0.496 e. The van der Waals surface area contributed by atoms with Crippen LogP contribution in [0.4, 0.5) is 0 Å². The Kier molecular flexibility index (Phi) is 3.93. The first kappa shape index (κ1) is 13.4. The van der Waals surface area contributed by atoms with E-state index in [-0.39, 0.29) is 5.54 Å². The van der Waals surface area contributed by atoms with Gasteiger partial charge in [0.05, 0.1) is 12.6 Å². The summed E-state index contributed by atoms with van der Waals surface area (Å²) in [5.41, 5.74) is 2.67. The zero-order valence-electron chi connectivity index (χ0n) is 11.9. The van der Waals surface area contributed by atoms with Gasteiger partial charge in [-0.05, 0) is 32.0 Å². The zero-order chi connectivity index (χ0) is 13.2. The van der Waals surface area contributed by atoms with Crippen LogP contribution in [-0.4, -0.2) is 38.7 Å². The van der Waals surface area contributed by atoms with Crippen molar-refractivity contribution in [2.24, 2.45) is 0 Å². The third-order valence-electron chi connectivity index (χ3n) is 4.19. The van der Waals surface area contributed by atoms with E-state index in [1.165, 1.54) is 11.1 Å². The van der Waals surface area contributed by atoms with E-state index in [2.05, 4.69) is 49.3 Å². The topological polar surface area (TPSA) is 24.5 Å². The maximum Gasteiger partial charge on any atom is 0.123 e. The average Bonchev–Trinajstić information content (AvgIpc) is 2.41. The lowest BCUT2D eigenvalue weighted by atomic mass is 9.86. The first-order chi connectivity index (χ1) is 8.61. The molecule has 3 nitrogen and oxygen atoms in total. The van der Waals surface area contributed by atoms with Crippen molar-refractivity contribution in [1.29, 1.82) is 0 Å². The predicted octanol–water partition coefficient (Wildman–Crippen LogP) is 2.01. The van der Waals surface area contributed by atoms with E-state index in [0.29, 0.717) is 0 Å². The molecule has 0 aromatic heterocycles. The minimum atomic E-state index is 0.00870. The van der Waals surface area contributed by atoms with Gasteiger partial charge < -0.3 is 10.1 Å². The summed E-state index contributed by atoms with van der Waals surface area (Å²) in [6.07, 6.45) is 1.06. The summed E-state index contributed by atoms with van der Waals surface area (Å²) in [7, 11) is 3.95. The number of methoxy groups -OCH3 is 1.